The van der Waals surface area contributed by atoms with Gasteiger partial charge in [0, 0.05) is 11.2 Å². The van der Waals surface area contributed by atoms with Crippen molar-refractivity contribution in [1.82, 2.24) is 4.98 Å². The Bertz CT molecular complexity index is 547. The first-order valence-electron chi connectivity index (χ1n) is 7.58. The second-order valence-electron chi connectivity index (χ2n) is 6.68. The van der Waals surface area contributed by atoms with Gasteiger partial charge in [-0.15, -0.1) is 0 Å². The Labute approximate surface area is 126 Å². The molecule has 0 saturated heterocycles. The molecule has 0 spiro atoms. The molecular formula is C16H23N3S. The topological polar surface area (TPSA) is 50.9 Å². The van der Waals surface area contributed by atoms with Crippen molar-refractivity contribution in [3.8, 4) is 0 Å². The average molecular weight is 289 g/mol. The Kier molecular flexibility index (Phi) is 3.44. The highest BCUT2D eigenvalue weighted by molar-refractivity contribution is 7.80. The summed E-state index contributed by atoms with van der Waals surface area (Å²) in [4.78, 5) is 5.30. The first-order valence-corrected chi connectivity index (χ1v) is 7.99. The zero-order valence-corrected chi connectivity index (χ0v) is 13.1. The molecule has 3 rings (SSSR count). The predicted octanol–water partition coefficient (Wildman–Crippen LogP) is 3.20. The summed E-state index contributed by atoms with van der Waals surface area (Å²) in [6.07, 6.45) is 7.25. The van der Waals surface area contributed by atoms with Gasteiger partial charge in [-0.2, -0.15) is 0 Å². The smallest absolute Gasteiger partial charge is 0.136 e. The van der Waals surface area contributed by atoms with Crippen molar-refractivity contribution in [2.24, 2.45) is 11.7 Å². The van der Waals surface area contributed by atoms with E-state index < -0.39 is 0 Å². The molecule has 0 aliphatic heterocycles. The molecule has 0 aromatic carbocycles. The summed E-state index contributed by atoms with van der Waals surface area (Å²) in [5, 5.41) is 3.60. The third-order valence-electron chi connectivity index (χ3n) is 4.60. The Morgan fingerprint density at radius 2 is 2.05 bits per heavy atom. The summed E-state index contributed by atoms with van der Waals surface area (Å²) in [5.74, 6) is 1.62. The van der Waals surface area contributed by atoms with Gasteiger partial charge in [0.05, 0.1) is 5.56 Å². The summed E-state index contributed by atoms with van der Waals surface area (Å²) in [6, 6.07) is 2.16. The van der Waals surface area contributed by atoms with Gasteiger partial charge in [0.2, 0.25) is 0 Å². The molecule has 1 heterocycles. The first-order chi connectivity index (χ1) is 9.47. The summed E-state index contributed by atoms with van der Waals surface area (Å²) < 4.78 is 0. The number of anilines is 1. The standard InChI is InChI=1S/C16H23N3S/c1-16(2,11-7-8-11)19-15-12(14(17)20)9-10-5-3-4-6-13(10)18-15/h9,11H,3-8H2,1-2H3,(H2,17,20)(H,18,19). The van der Waals surface area contributed by atoms with E-state index >= 15 is 0 Å². The molecule has 2 aliphatic rings. The molecule has 4 heteroatoms. The van der Waals surface area contributed by atoms with E-state index in [1.165, 1.54) is 36.9 Å². The lowest BCUT2D eigenvalue weighted by atomic mass is 9.94. The molecule has 1 fully saturated rings. The molecule has 0 radical (unpaired) electrons. The molecule has 20 heavy (non-hydrogen) atoms. The quantitative estimate of drug-likeness (QED) is 0.836. The van der Waals surface area contributed by atoms with E-state index in [0.717, 1.165) is 30.1 Å². The lowest BCUT2D eigenvalue weighted by Gasteiger charge is -2.29. The van der Waals surface area contributed by atoms with Gasteiger partial charge in [-0.1, -0.05) is 12.2 Å². The minimum atomic E-state index is 0.0649. The van der Waals surface area contributed by atoms with Crippen molar-refractivity contribution >= 4 is 23.0 Å². The van der Waals surface area contributed by atoms with Gasteiger partial charge in [-0.05, 0) is 69.9 Å². The number of hydrogen-bond donors (Lipinski definition) is 2. The van der Waals surface area contributed by atoms with Gasteiger partial charge in [0.1, 0.15) is 10.8 Å². The maximum atomic E-state index is 5.91. The summed E-state index contributed by atoms with van der Waals surface area (Å²) in [5.41, 5.74) is 9.44. The number of thiocarbonyl (C=S) groups is 1. The normalized spacial score (nSPS) is 18.5. The zero-order valence-electron chi connectivity index (χ0n) is 12.3. The van der Waals surface area contributed by atoms with E-state index in [9.17, 15) is 0 Å². The highest BCUT2D eigenvalue weighted by atomic mass is 32.1. The third kappa shape index (κ3) is 2.66. The van der Waals surface area contributed by atoms with Crippen LogP contribution in [0.3, 0.4) is 0 Å². The molecule has 1 aromatic heterocycles. The Hall–Kier alpha value is -1.16. The molecule has 0 unspecified atom stereocenters. The van der Waals surface area contributed by atoms with Crippen LogP contribution in [0.4, 0.5) is 5.82 Å². The highest BCUT2D eigenvalue weighted by Crippen LogP contribution is 2.41. The van der Waals surface area contributed by atoms with E-state index in [0.29, 0.717) is 4.99 Å². The predicted molar refractivity (Wildman–Crippen MR) is 87.2 cm³/mol. The summed E-state index contributed by atoms with van der Waals surface area (Å²) in [6.45, 7) is 4.49. The molecule has 0 bridgehead atoms. The number of aromatic nitrogens is 1. The Balaban J connectivity index is 1.97. The molecular weight excluding hydrogens is 266 g/mol. The molecule has 0 amide bonds. The Morgan fingerprint density at radius 3 is 2.70 bits per heavy atom. The SMILES string of the molecule is CC(C)(Nc1nc2c(cc1C(N)=S)CCCC2)C1CC1. The van der Waals surface area contributed by atoms with Crippen LogP contribution in [0.15, 0.2) is 6.07 Å². The second kappa shape index (κ2) is 4.99. The van der Waals surface area contributed by atoms with E-state index in [1.54, 1.807) is 0 Å². The van der Waals surface area contributed by atoms with Crippen molar-refractivity contribution in [3.63, 3.8) is 0 Å². The first kappa shape index (κ1) is 13.8. The number of nitrogens with zero attached hydrogens (tertiary/aromatic N) is 1. The summed E-state index contributed by atoms with van der Waals surface area (Å²) >= 11 is 5.22. The minimum absolute atomic E-state index is 0.0649. The lowest BCUT2D eigenvalue weighted by molar-refractivity contribution is 0.492. The largest absolute Gasteiger partial charge is 0.389 e. The van der Waals surface area contributed by atoms with Crippen molar-refractivity contribution in [2.75, 3.05) is 5.32 Å². The van der Waals surface area contributed by atoms with Crippen LogP contribution in [0.1, 0.15) is 56.4 Å². The number of nitrogens with one attached hydrogen (secondary N) is 1. The van der Waals surface area contributed by atoms with Gasteiger partial charge >= 0.3 is 0 Å². The van der Waals surface area contributed by atoms with Gasteiger partial charge < -0.3 is 11.1 Å². The van der Waals surface area contributed by atoms with Crippen molar-refractivity contribution in [3.05, 3.63) is 22.9 Å². The lowest BCUT2D eigenvalue weighted by Crippen LogP contribution is -2.35. The molecule has 1 saturated carbocycles. The van der Waals surface area contributed by atoms with Crippen LogP contribution in [0.2, 0.25) is 0 Å². The van der Waals surface area contributed by atoms with Crippen LogP contribution in [-0.4, -0.2) is 15.5 Å². The average Bonchev–Trinajstić information content (AvgIpc) is 3.21. The summed E-state index contributed by atoms with van der Waals surface area (Å²) in [7, 11) is 0. The highest BCUT2D eigenvalue weighted by Gasteiger charge is 2.38. The number of pyridine rings is 1. The van der Waals surface area contributed by atoms with Gasteiger partial charge in [-0.25, -0.2) is 4.98 Å². The molecule has 108 valence electrons. The van der Waals surface area contributed by atoms with Gasteiger partial charge in [0.25, 0.3) is 0 Å². The minimum Gasteiger partial charge on any atom is -0.389 e. The van der Waals surface area contributed by atoms with E-state index in [1.807, 2.05) is 0 Å². The van der Waals surface area contributed by atoms with E-state index in [4.69, 9.17) is 22.9 Å². The molecule has 3 N–H and O–H groups in total. The number of nitrogens with two attached hydrogens (primary N) is 1. The van der Waals surface area contributed by atoms with Crippen LogP contribution in [-0.2, 0) is 12.8 Å². The fourth-order valence-corrected chi connectivity index (χ4v) is 3.28. The second-order valence-corrected chi connectivity index (χ2v) is 7.12. The maximum Gasteiger partial charge on any atom is 0.136 e. The van der Waals surface area contributed by atoms with Crippen LogP contribution in [0, 0.1) is 5.92 Å². The fourth-order valence-electron chi connectivity index (χ4n) is 3.13. The Morgan fingerprint density at radius 1 is 1.35 bits per heavy atom. The number of fused-ring (bicyclic) bond motifs is 1. The van der Waals surface area contributed by atoms with E-state index in [2.05, 4.69) is 25.2 Å². The van der Waals surface area contributed by atoms with E-state index in [-0.39, 0.29) is 5.54 Å². The number of aryl methyl sites for hydroxylation is 2. The molecule has 0 atom stereocenters. The van der Waals surface area contributed by atoms with Crippen molar-refractivity contribution in [2.45, 2.75) is 57.9 Å². The van der Waals surface area contributed by atoms with Crippen LogP contribution in [0.25, 0.3) is 0 Å². The van der Waals surface area contributed by atoms with Crippen molar-refractivity contribution in [1.29, 1.82) is 0 Å². The molecule has 2 aliphatic carbocycles. The van der Waals surface area contributed by atoms with Crippen LogP contribution >= 0.6 is 12.2 Å². The zero-order chi connectivity index (χ0) is 14.3. The molecule has 1 aromatic rings. The number of hydrogen-bond acceptors (Lipinski definition) is 3. The van der Waals surface area contributed by atoms with Crippen LogP contribution in [0.5, 0.6) is 0 Å². The monoisotopic (exact) mass is 289 g/mol. The molecule has 3 nitrogen and oxygen atoms in total. The third-order valence-corrected chi connectivity index (χ3v) is 4.82. The number of rotatable bonds is 4. The van der Waals surface area contributed by atoms with Gasteiger partial charge in [0.15, 0.2) is 0 Å². The van der Waals surface area contributed by atoms with Gasteiger partial charge in [-0.3, -0.25) is 0 Å². The van der Waals surface area contributed by atoms with Crippen LogP contribution < -0.4 is 11.1 Å². The fraction of sp³-hybridized carbons (Fsp3) is 0.625. The van der Waals surface area contributed by atoms with Crippen molar-refractivity contribution < 1.29 is 0 Å². The maximum absolute atomic E-state index is 5.91.